The zero-order valence-electron chi connectivity index (χ0n) is 15.7. The molecule has 4 rings (SSSR count). The Labute approximate surface area is 176 Å². The first-order valence-electron chi connectivity index (χ1n) is 9.02. The van der Waals surface area contributed by atoms with Gasteiger partial charge in [0.15, 0.2) is 0 Å². The summed E-state index contributed by atoms with van der Waals surface area (Å²) in [6, 6.07) is 19.9. The quantitative estimate of drug-likeness (QED) is 0.487. The van der Waals surface area contributed by atoms with E-state index in [1.807, 2.05) is 24.3 Å². The molecule has 150 valence electrons. The van der Waals surface area contributed by atoms with Crippen molar-refractivity contribution in [3.63, 3.8) is 0 Å². The van der Waals surface area contributed by atoms with Crippen LogP contribution >= 0.6 is 11.6 Å². The number of anilines is 3. The maximum atomic E-state index is 11.9. The van der Waals surface area contributed by atoms with Crippen LogP contribution in [0.15, 0.2) is 77.7 Å². The van der Waals surface area contributed by atoms with Crippen molar-refractivity contribution in [2.24, 2.45) is 0 Å². The Bertz CT molecular complexity index is 1200. The molecule has 0 bridgehead atoms. The van der Waals surface area contributed by atoms with Crippen molar-refractivity contribution in [3.8, 4) is 11.6 Å². The predicted octanol–water partition coefficient (Wildman–Crippen LogP) is 3.85. The number of hydrogen-bond acceptors (Lipinski definition) is 7. The molecule has 30 heavy (non-hydrogen) atoms. The molecule has 0 aliphatic rings. The second kappa shape index (κ2) is 8.62. The number of benzene rings is 2. The molecule has 0 saturated heterocycles. The second-order valence-corrected chi connectivity index (χ2v) is 6.77. The molecule has 2 aromatic carbocycles. The van der Waals surface area contributed by atoms with Gasteiger partial charge in [-0.25, -0.2) is 9.67 Å². The van der Waals surface area contributed by atoms with Crippen molar-refractivity contribution in [2.75, 3.05) is 11.1 Å². The summed E-state index contributed by atoms with van der Waals surface area (Å²) in [6.45, 7) is 0.359. The largest absolute Gasteiger partial charge is 0.439 e. The van der Waals surface area contributed by atoms with Crippen molar-refractivity contribution >= 4 is 29.1 Å². The molecule has 0 aliphatic carbocycles. The second-order valence-electron chi connectivity index (χ2n) is 6.33. The van der Waals surface area contributed by atoms with E-state index in [-0.39, 0.29) is 11.8 Å². The van der Waals surface area contributed by atoms with Gasteiger partial charge in [0.2, 0.25) is 17.6 Å². The average molecular weight is 421 g/mol. The van der Waals surface area contributed by atoms with E-state index in [0.717, 1.165) is 5.56 Å². The fourth-order valence-electron chi connectivity index (χ4n) is 2.66. The smallest absolute Gasteiger partial charge is 0.317 e. The van der Waals surface area contributed by atoms with Crippen molar-refractivity contribution in [1.82, 2.24) is 19.7 Å². The van der Waals surface area contributed by atoms with E-state index in [9.17, 15) is 4.79 Å². The SMILES string of the molecule is Nc1nn(Cc2ccc(Cl)cc2)c(Nc2ccc(Oc3ccccn3)cc2)nc1=O. The number of aromatic nitrogens is 4. The third kappa shape index (κ3) is 4.73. The standard InChI is InChI=1S/C21H17ClN6O2/c22-15-6-4-14(5-7-15)13-28-21(26-20(29)19(23)27-28)25-16-8-10-17(11-9-16)30-18-3-1-2-12-24-18/h1-12H,13H2,(H2,23,27)(H,25,26,29). The van der Waals surface area contributed by atoms with Gasteiger partial charge in [-0.1, -0.05) is 29.8 Å². The lowest BCUT2D eigenvalue weighted by molar-refractivity contribution is 0.463. The molecule has 0 saturated carbocycles. The van der Waals surface area contributed by atoms with Crippen LogP contribution in [0.25, 0.3) is 0 Å². The Balaban J connectivity index is 1.55. The highest BCUT2D eigenvalue weighted by Gasteiger charge is 2.10. The number of pyridine rings is 1. The average Bonchev–Trinajstić information content (AvgIpc) is 2.75. The summed E-state index contributed by atoms with van der Waals surface area (Å²) in [4.78, 5) is 20.1. The zero-order chi connectivity index (χ0) is 20.9. The minimum absolute atomic E-state index is 0.173. The fraction of sp³-hybridized carbons (Fsp3) is 0.0476. The third-order valence-electron chi connectivity index (χ3n) is 4.12. The molecule has 0 unspecified atom stereocenters. The van der Waals surface area contributed by atoms with Crippen LogP contribution in [0.3, 0.4) is 0 Å². The highest BCUT2D eigenvalue weighted by molar-refractivity contribution is 6.30. The van der Waals surface area contributed by atoms with E-state index < -0.39 is 5.56 Å². The van der Waals surface area contributed by atoms with Crippen LogP contribution in [0.5, 0.6) is 11.6 Å². The maximum Gasteiger partial charge on any atom is 0.317 e. The number of nitrogens with one attached hydrogen (secondary N) is 1. The van der Waals surface area contributed by atoms with Crippen LogP contribution in [0.2, 0.25) is 5.02 Å². The topological polar surface area (TPSA) is 108 Å². The van der Waals surface area contributed by atoms with E-state index in [4.69, 9.17) is 22.1 Å². The van der Waals surface area contributed by atoms with Gasteiger partial charge < -0.3 is 15.8 Å². The molecule has 0 fully saturated rings. The first kappa shape index (κ1) is 19.4. The van der Waals surface area contributed by atoms with Gasteiger partial charge in [0, 0.05) is 23.0 Å². The van der Waals surface area contributed by atoms with Crippen LogP contribution in [0.4, 0.5) is 17.5 Å². The minimum Gasteiger partial charge on any atom is -0.439 e. The molecule has 3 N–H and O–H groups in total. The van der Waals surface area contributed by atoms with E-state index >= 15 is 0 Å². The van der Waals surface area contributed by atoms with Crippen LogP contribution < -0.4 is 21.3 Å². The molecule has 2 heterocycles. The lowest BCUT2D eigenvalue weighted by Crippen LogP contribution is -2.23. The van der Waals surface area contributed by atoms with Gasteiger partial charge in [0.1, 0.15) is 5.75 Å². The van der Waals surface area contributed by atoms with Crippen LogP contribution in [-0.2, 0) is 6.54 Å². The van der Waals surface area contributed by atoms with Gasteiger partial charge in [0.05, 0.1) is 6.54 Å². The molecule has 9 heteroatoms. The van der Waals surface area contributed by atoms with E-state index in [0.29, 0.717) is 28.9 Å². The van der Waals surface area contributed by atoms with E-state index in [2.05, 4.69) is 20.4 Å². The number of halogens is 1. The van der Waals surface area contributed by atoms with Crippen molar-refractivity contribution in [2.45, 2.75) is 6.54 Å². The predicted molar refractivity (Wildman–Crippen MR) is 115 cm³/mol. The monoisotopic (exact) mass is 420 g/mol. The van der Waals surface area contributed by atoms with Crippen LogP contribution in [0, 0.1) is 0 Å². The van der Waals surface area contributed by atoms with Crippen molar-refractivity contribution in [1.29, 1.82) is 0 Å². The maximum absolute atomic E-state index is 11.9. The first-order chi connectivity index (χ1) is 14.6. The van der Waals surface area contributed by atoms with Crippen LogP contribution in [-0.4, -0.2) is 19.7 Å². The molecule has 0 amide bonds. The van der Waals surface area contributed by atoms with Crippen molar-refractivity contribution in [3.05, 3.63) is 93.9 Å². The summed E-state index contributed by atoms with van der Waals surface area (Å²) in [7, 11) is 0. The zero-order valence-corrected chi connectivity index (χ0v) is 16.5. The number of rotatable bonds is 6. The first-order valence-corrected chi connectivity index (χ1v) is 9.40. The van der Waals surface area contributed by atoms with Gasteiger partial charge in [-0.05, 0) is 48.0 Å². The number of ether oxygens (including phenoxy) is 1. The molecule has 8 nitrogen and oxygen atoms in total. The molecular formula is C21H17ClN6O2. The van der Waals surface area contributed by atoms with Gasteiger partial charge >= 0.3 is 5.56 Å². The Morgan fingerprint density at radius 2 is 1.80 bits per heavy atom. The summed E-state index contributed by atoms with van der Waals surface area (Å²) >= 11 is 5.94. The highest BCUT2D eigenvalue weighted by Crippen LogP contribution is 2.23. The summed E-state index contributed by atoms with van der Waals surface area (Å²) in [6.07, 6.45) is 1.66. The molecular weight excluding hydrogens is 404 g/mol. The molecule has 0 spiro atoms. The summed E-state index contributed by atoms with van der Waals surface area (Å²) in [5.74, 6) is 1.22. The van der Waals surface area contributed by atoms with Gasteiger partial charge in [-0.2, -0.15) is 4.98 Å². The Morgan fingerprint density at radius 1 is 1.03 bits per heavy atom. The van der Waals surface area contributed by atoms with Gasteiger partial charge in [-0.15, -0.1) is 5.10 Å². The Kier molecular flexibility index (Phi) is 5.58. The van der Waals surface area contributed by atoms with E-state index in [1.54, 1.807) is 48.7 Å². The highest BCUT2D eigenvalue weighted by atomic mass is 35.5. The lowest BCUT2D eigenvalue weighted by Gasteiger charge is -2.14. The minimum atomic E-state index is -0.597. The molecule has 0 atom stereocenters. The molecule has 0 radical (unpaired) electrons. The van der Waals surface area contributed by atoms with Gasteiger partial charge in [-0.3, -0.25) is 4.79 Å². The fourth-order valence-corrected chi connectivity index (χ4v) is 2.79. The number of hydrogen-bond donors (Lipinski definition) is 2. The normalized spacial score (nSPS) is 10.6. The summed E-state index contributed by atoms with van der Waals surface area (Å²) in [5.41, 5.74) is 6.71. The Hall–Kier alpha value is -3.91. The number of nitrogen functional groups attached to an aromatic ring is 1. The number of nitrogens with two attached hydrogens (primary N) is 1. The summed E-state index contributed by atoms with van der Waals surface area (Å²) < 4.78 is 7.21. The van der Waals surface area contributed by atoms with Crippen LogP contribution in [0.1, 0.15) is 5.56 Å². The third-order valence-corrected chi connectivity index (χ3v) is 4.37. The van der Waals surface area contributed by atoms with E-state index in [1.165, 1.54) is 4.68 Å². The summed E-state index contributed by atoms with van der Waals surface area (Å²) in [5, 5.41) is 7.89. The molecule has 0 aliphatic heterocycles. The lowest BCUT2D eigenvalue weighted by atomic mass is 10.2. The van der Waals surface area contributed by atoms with Gasteiger partial charge in [0.25, 0.3) is 0 Å². The molecule has 2 aromatic heterocycles. The Morgan fingerprint density at radius 3 is 2.50 bits per heavy atom. The molecule has 4 aromatic rings. The number of nitrogens with zero attached hydrogens (tertiary/aromatic N) is 4. The van der Waals surface area contributed by atoms with Crippen molar-refractivity contribution < 1.29 is 4.74 Å².